The van der Waals surface area contributed by atoms with Gasteiger partial charge in [0.05, 0.1) is 19.0 Å². The molecule has 4 rings (SSSR count). The highest BCUT2D eigenvalue weighted by molar-refractivity contribution is 7.87. The Hall–Kier alpha value is -2.80. The summed E-state index contributed by atoms with van der Waals surface area (Å²) in [6, 6.07) is 6.26. The Morgan fingerprint density at radius 3 is 2.65 bits per heavy atom. The summed E-state index contributed by atoms with van der Waals surface area (Å²) in [6.45, 7) is 2.22. The quantitative estimate of drug-likeness (QED) is 0.527. The number of fused-ring (bicyclic) bond motifs is 1. The Balaban J connectivity index is 1.68. The number of rotatable bonds is 7. The van der Waals surface area contributed by atoms with Gasteiger partial charge in [0.25, 0.3) is 5.88 Å². The maximum atomic E-state index is 12.7. The van der Waals surface area contributed by atoms with Crippen LogP contribution in [0.2, 0.25) is 0 Å². The molecule has 0 radical (unpaired) electrons. The lowest BCUT2D eigenvalue weighted by atomic mass is 10.2. The molecule has 12 heteroatoms. The number of anilines is 1. The van der Waals surface area contributed by atoms with Crippen molar-refractivity contribution in [3.8, 4) is 5.88 Å². The van der Waals surface area contributed by atoms with Crippen molar-refractivity contribution in [2.45, 2.75) is 36.7 Å². The highest BCUT2D eigenvalue weighted by Gasteiger charge is 2.37. The highest BCUT2D eigenvalue weighted by atomic mass is 32.2. The van der Waals surface area contributed by atoms with E-state index in [0.717, 1.165) is 5.56 Å². The van der Waals surface area contributed by atoms with Crippen LogP contribution in [0.15, 0.2) is 35.5 Å². The lowest BCUT2D eigenvalue weighted by Gasteiger charge is -2.16. The van der Waals surface area contributed by atoms with E-state index in [1.807, 2.05) is 6.92 Å². The van der Waals surface area contributed by atoms with Crippen LogP contribution in [0.5, 0.6) is 5.88 Å². The summed E-state index contributed by atoms with van der Waals surface area (Å²) >= 11 is 0. The molecule has 3 aromatic rings. The van der Waals surface area contributed by atoms with Gasteiger partial charge in [0.15, 0.2) is 11.2 Å². The van der Waals surface area contributed by atoms with E-state index >= 15 is 0 Å². The van der Waals surface area contributed by atoms with Crippen LogP contribution in [0, 0.1) is 6.92 Å². The second kappa shape index (κ2) is 8.38. The molecule has 0 bridgehead atoms. The van der Waals surface area contributed by atoms with Gasteiger partial charge in [-0.3, -0.25) is 4.57 Å². The summed E-state index contributed by atoms with van der Waals surface area (Å²) in [4.78, 5) is 12.4. The van der Waals surface area contributed by atoms with Gasteiger partial charge in [-0.25, -0.2) is 4.98 Å². The number of imidazole rings is 1. The monoisotopic (exact) mass is 449 g/mol. The lowest BCUT2D eigenvalue weighted by molar-refractivity contribution is -0.0597. The molecule has 3 atom stereocenters. The molecular formula is C19H23N5O6S. The van der Waals surface area contributed by atoms with Crippen LogP contribution in [0.3, 0.4) is 0 Å². The molecule has 1 aliphatic rings. The second-order valence-corrected chi connectivity index (χ2v) is 8.70. The van der Waals surface area contributed by atoms with Gasteiger partial charge in [0.1, 0.15) is 17.2 Å². The van der Waals surface area contributed by atoms with Crippen molar-refractivity contribution in [1.82, 2.24) is 19.5 Å². The van der Waals surface area contributed by atoms with Gasteiger partial charge in [-0.05, 0) is 19.1 Å². The second-order valence-electron chi connectivity index (χ2n) is 7.16. The SMILES string of the molecule is COC[C@H]1O[C@@H](n2cnc3c(OS(=O)(=O)c4ccc(C)cc4)nc(N)nc32)CC1OC. The number of hydrogen-bond donors (Lipinski definition) is 1. The number of ether oxygens (including phenoxy) is 3. The Labute approximate surface area is 179 Å². The first kappa shape index (κ1) is 21.4. The fourth-order valence-corrected chi connectivity index (χ4v) is 4.36. The molecule has 0 amide bonds. The summed E-state index contributed by atoms with van der Waals surface area (Å²) in [5, 5.41) is 0. The average Bonchev–Trinajstić information content (AvgIpc) is 3.32. The normalized spacial score (nSPS) is 21.6. The minimum absolute atomic E-state index is 0.00710. The summed E-state index contributed by atoms with van der Waals surface area (Å²) in [7, 11) is -0.950. The van der Waals surface area contributed by atoms with E-state index in [-0.39, 0.29) is 34.4 Å². The number of benzene rings is 1. The number of nitrogen functional groups attached to an aromatic ring is 1. The van der Waals surface area contributed by atoms with Crippen LogP contribution in [0.1, 0.15) is 18.2 Å². The van der Waals surface area contributed by atoms with Gasteiger partial charge < -0.3 is 24.1 Å². The molecule has 1 fully saturated rings. The van der Waals surface area contributed by atoms with Crippen molar-refractivity contribution in [1.29, 1.82) is 0 Å². The number of nitrogens with zero attached hydrogens (tertiary/aromatic N) is 4. The molecule has 0 saturated carbocycles. The smallest absolute Gasteiger partial charge is 0.340 e. The fourth-order valence-electron chi connectivity index (χ4n) is 3.47. The van der Waals surface area contributed by atoms with E-state index in [4.69, 9.17) is 24.1 Å². The highest BCUT2D eigenvalue weighted by Crippen LogP contribution is 2.34. The van der Waals surface area contributed by atoms with E-state index in [9.17, 15) is 8.42 Å². The topological polar surface area (TPSA) is 141 Å². The molecule has 0 spiro atoms. The summed E-state index contributed by atoms with van der Waals surface area (Å²) in [5.41, 5.74) is 7.20. The summed E-state index contributed by atoms with van der Waals surface area (Å²) in [5.74, 6) is -0.408. The van der Waals surface area contributed by atoms with Gasteiger partial charge in [-0.1, -0.05) is 17.7 Å². The maximum Gasteiger partial charge on any atom is 0.340 e. The van der Waals surface area contributed by atoms with Crippen LogP contribution in [0.4, 0.5) is 5.95 Å². The number of methoxy groups -OCH3 is 2. The molecule has 1 saturated heterocycles. The Bertz CT molecular complexity index is 1180. The van der Waals surface area contributed by atoms with E-state index in [1.165, 1.54) is 18.5 Å². The molecule has 166 valence electrons. The minimum atomic E-state index is -4.14. The molecule has 1 unspecified atom stereocenters. The first-order chi connectivity index (χ1) is 14.8. The van der Waals surface area contributed by atoms with E-state index in [0.29, 0.717) is 18.7 Å². The van der Waals surface area contributed by atoms with Crippen molar-refractivity contribution < 1.29 is 26.8 Å². The Morgan fingerprint density at radius 2 is 1.97 bits per heavy atom. The molecule has 2 aromatic heterocycles. The molecule has 0 aliphatic carbocycles. The molecule has 3 heterocycles. The van der Waals surface area contributed by atoms with Gasteiger partial charge in [0.2, 0.25) is 5.95 Å². The first-order valence-corrected chi connectivity index (χ1v) is 10.9. The van der Waals surface area contributed by atoms with E-state index in [1.54, 1.807) is 30.9 Å². The van der Waals surface area contributed by atoms with Crippen molar-refractivity contribution in [2.24, 2.45) is 0 Å². The molecular weight excluding hydrogens is 426 g/mol. The molecule has 31 heavy (non-hydrogen) atoms. The van der Waals surface area contributed by atoms with Crippen LogP contribution >= 0.6 is 0 Å². The summed E-state index contributed by atoms with van der Waals surface area (Å²) < 4.78 is 49.1. The van der Waals surface area contributed by atoms with E-state index < -0.39 is 16.3 Å². The van der Waals surface area contributed by atoms with Gasteiger partial charge in [-0.2, -0.15) is 18.4 Å². The molecule has 1 aromatic carbocycles. The number of aryl methyl sites for hydroxylation is 1. The van der Waals surface area contributed by atoms with Gasteiger partial charge in [0, 0.05) is 20.6 Å². The molecule has 2 N–H and O–H groups in total. The lowest BCUT2D eigenvalue weighted by Crippen LogP contribution is -2.27. The zero-order chi connectivity index (χ0) is 22.2. The van der Waals surface area contributed by atoms with Gasteiger partial charge in [-0.15, -0.1) is 0 Å². The number of hydrogen-bond acceptors (Lipinski definition) is 10. The minimum Gasteiger partial charge on any atom is -0.382 e. The van der Waals surface area contributed by atoms with Crippen molar-refractivity contribution in [3.63, 3.8) is 0 Å². The van der Waals surface area contributed by atoms with Crippen LogP contribution in [0.25, 0.3) is 11.2 Å². The standard InChI is InChI=1S/C19H23N5O6S/c1-11-4-6-12(7-5-11)31(25,26)30-18-16-17(22-19(20)23-18)24(10-21-16)15-8-13(28-3)14(29-15)9-27-2/h4-7,10,13-15H,8-9H2,1-3H3,(H2,20,22,23)/t13?,14-,15-/m1/s1. The Morgan fingerprint density at radius 1 is 1.23 bits per heavy atom. The van der Waals surface area contributed by atoms with Gasteiger partial charge >= 0.3 is 10.1 Å². The van der Waals surface area contributed by atoms with Crippen LogP contribution < -0.4 is 9.92 Å². The third kappa shape index (κ3) is 4.19. The molecule has 11 nitrogen and oxygen atoms in total. The van der Waals surface area contributed by atoms with Crippen molar-refractivity contribution in [2.75, 3.05) is 26.6 Å². The Kier molecular flexibility index (Phi) is 5.79. The van der Waals surface area contributed by atoms with Crippen LogP contribution in [-0.2, 0) is 24.3 Å². The third-order valence-corrected chi connectivity index (χ3v) is 6.26. The third-order valence-electron chi connectivity index (χ3n) is 5.03. The number of aromatic nitrogens is 4. The fraction of sp³-hybridized carbons (Fsp3) is 0.421. The van der Waals surface area contributed by atoms with Crippen LogP contribution in [-0.4, -0.2) is 61.0 Å². The average molecular weight is 449 g/mol. The first-order valence-electron chi connectivity index (χ1n) is 9.50. The number of nitrogens with two attached hydrogens (primary N) is 1. The zero-order valence-electron chi connectivity index (χ0n) is 17.3. The molecule has 1 aliphatic heterocycles. The predicted octanol–water partition coefficient (Wildman–Crippen LogP) is 1.43. The van der Waals surface area contributed by atoms with E-state index in [2.05, 4.69) is 15.0 Å². The maximum absolute atomic E-state index is 12.7. The zero-order valence-corrected chi connectivity index (χ0v) is 18.1. The predicted molar refractivity (Wildman–Crippen MR) is 110 cm³/mol. The largest absolute Gasteiger partial charge is 0.382 e. The van der Waals surface area contributed by atoms with Crippen molar-refractivity contribution in [3.05, 3.63) is 36.2 Å². The summed E-state index contributed by atoms with van der Waals surface area (Å²) in [6.07, 6.45) is 1.11. The van der Waals surface area contributed by atoms with Crippen molar-refractivity contribution >= 4 is 27.2 Å².